The first-order valence-corrected chi connectivity index (χ1v) is 43.8. The minimum atomic E-state index is -0.265. The molecule has 11 aromatic rings. The van der Waals surface area contributed by atoms with Crippen molar-refractivity contribution < 1.29 is 52.6 Å². The summed E-state index contributed by atoms with van der Waals surface area (Å²) in [6.45, 7) is 20.3. The molecule has 0 unspecified atom stereocenters. The SMILES string of the molecule is C=C(NC)c1cccc(NC)c1.CCOC(=O)c1cc(C)cc(CC)c1.CCOC(=O)c1cc(C)cc(N(C)C)c1.CCc1cc(C)cc(C(=O)OC)c1.CN(C)c1ccccc1.CNC(=O)c1cc(NC)cc(C(=O)N(C)C)c1.CNc1cc(C(=O)N(C)C)cc(C(=O)N(C)C)c1.CNc1cccc(-c2ccnc(C)n2)c1.CNc1cccc(C(=O)N(C)C)c1.CNc1ccccc1. The van der Waals surface area contributed by atoms with Crippen LogP contribution in [0.3, 0.4) is 0 Å². The lowest BCUT2D eigenvalue weighted by atomic mass is 10.1. The van der Waals surface area contributed by atoms with Crippen molar-refractivity contribution in [3.8, 4) is 11.3 Å². The predicted octanol–water partition coefficient (Wildman–Crippen LogP) is 18.6. The molecule has 1 heterocycles. The third-order valence-corrected chi connectivity index (χ3v) is 19.2. The van der Waals surface area contributed by atoms with E-state index in [-0.39, 0.29) is 47.4 Å². The van der Waals surface area contributed by atoms with Crippen molar-refractivity contribution in [2.45, 2.75) is 68.2 Å². The molecule has 5 amide bonds. The lowest BCUT2D eigenvalue weighted by Gasteiger charge is -2.15. The lowest BCUT2D eigenvalue weighted by Crippen LogP contribution is -2.24. The van der Waals surface area contributed by atoms with Crippen LogP contribution in [0.15, 0.2) is 243 Å². The van der Waals surface area contributed by atoms with Crippen molar-refractivity contribution >= 4 is 98.6 Å². The minimum absolute atomic E-state index is 0.0251. The summed E-state index contributed by atoms with van der Waals surface area (Å²) in [5, 5.41) is 23.6. The van der Waals surface area contributed by atoms with Crippen LogP contribution in [0.25, 0.3) is 17.0 Å². The fourth-order valence-corrected chi connectivity index (χ4v) is 11.9. The molecule has 0 fully saturated rings. The number of benzene rings is 10. The van der Waals surface area contributed by atoms with Crippen LogP contribution >= 0.6 is 0 Å². The summed E-state index contributed by atoms with van der Waals surface area (Å²) >= 11 is 0. The van der Waals surface area contributed by atoms with Gasteiger partial charge in [0.2, 0.25) is 0 Å². The molecule has 0 radical (unpaired) electrons. The van der Waals surface area contributed by atoms with Crippen LogP contribution in [0.2, 0.25) is 0 Å². The first kappa shape index (κ1) is 115. The first-order chi connectivity index (χ1) is 63.7. The van der Waals surface area contributed by atoms with Gasteiger partial charge < -0.3 is 86.1 Å². The van der Waals surface area contributed by atoms with Gasteiger partial charge >= 0.3 is 17.9 Å². The Morgan fingerprint density at radius 1 is 0.328 bits per heavy atom. The molecule has 0 spiro atoms. The Hall–Kier alpha value is -15.0. The predicted molar refractivity (Wildman–Crippen MR) is 556 cm³/mol. The number of nitrogens with one attached hydrogen (secondary N) is 8. The third-order valence-electron chi connectivity index (χ3n) is 19.2. The smallest absolute Gasteiger partial charge is 0.338 e. The summed E-state index contributed by atoms with van der Waals surface area (Å²) < 4.78 is 14.6. The third kappa shape index (κ3) is 42.3. The fraction of sp³-hybridized carbons (Fsp3) is 0.308. The molecule has 0 aliphatic heterocycles. The van der Waals surface area contributed by atoms with Gasteiger partial charge in [-0.2, -0.15) is 0 Å². The molecule has 27 nitrogen and oxygen atoms in total. The highest BCUT2D eigenvalue weighted by molar-refractivity contribution is 6.02. The second kappa shape index (κ2) is 62.3. The summed E-state index contributed by atoms with van der Waals surface area (Å²) in [4.78, 5) is 111. The molecular weight excluding hydrogens is 1690 g/mol. The number of methoxy groups -OCH3 is 1. The van der Waals surface area contributed by atoms with Gasteiger partial charge in [-0.25, -0.2) is 24.4 Å². The van der Waals surface area contributed by atoms with Gasteiger partial charge in [0.25, 0.3) is 29.5 Å². The monoisotopic (exact) mass is 1830 g/mol. The van der Waals surface area contributed by atoms with Crippen LogP contribution in [-0.2, 0) is 27.1 Å². The number of anilines is 8. The number of aromatic nitrogens is 2. The second-order valence-electron chi connectivity index (χ2n) is 31.0. The summed E-state index contributed by atoms with van der Waals surface area (Å²) in [6.07, 6.45) is 3.66. The zero-order valence-corrected chi connectivity index (χ0v) is 84.1. The van der Waals surface area contributed by atoms with Crippen molar-refractivity contribution in [1.82, 2.24) is 40.2 Å². The first-order valence-electron chi connectivity index (χ1n) is 43.8. The van der Waals surface area contributed by atoms with E-state index < -0.39 is 0 Å². The van der Waals surface area contributed by atoms with Crippen molar-refractivity contribution in [2.24, 2.45) is 0 Å². The van der Waals surface area contributed by atoms with Gasteiger partial charge in [0.15, 0.2) is 0 Å². The molecule has 134 heavy (non-hydrogen) atoms. The maximum atomic E-state index is 11.9. The van der Waals surface area contributed by atoms with Gasteiger partial charge in [0.05, 0.1) is 42.7 Å². The van der Waals surface area contributed by atoms with E-state index in [1.54, 1.807) is 132 Å². The molecule has 0 saturated heterocycles. The van der Waals surface area contributed by atoms with E-state index in [1.807, 2.05) is 261 Å². The molecule has 1 aromatic heterocycles. The highest BCUT2D eigenvalue weighted by atomic mass is 16.5. The van der Waals surface area contributed by atoms with Gasteiger partial charge in [-0.05, 0) is 228 Å². The van der Waals surface area contributed by atoms with E-state index in [9.17, 15) is 38.4 Å². The van der Waals surface area contributed by atoms with E-state index >= 15 is 0 Å². The molecule has 11 rings (SSSR count). The van der Waals surface area contributed by atoms with Crippen molar-refractivity contribution in [2.75, 3.05) is 203 Å². The van der Waals surface area contributed by atoms with E-state index in [4.69, 9.17) is 9.47 Å². The highest BCUT2D eigenvalue weighted by Gasteiger charge is 2.18. The Kier molecular flexibility index (Phi) is 53.5. The topological polar surface area (TPSA) is 306 Å². The van der Waals surface area contributed by atoms with E-state index in [0.29, 0.717) is 57.7 Å². The lowest BCUT2D eigenvalue weighted by molar-refractivity contribution is 0.0516. The Balaban J connectivity index is 0.000000507. The van der Waals surface area contributed by atoms with Crippen molar-refractivity contribution in [3.05, 3.63) is 327 Å². The second-order valence-corrected chi connectivity index (χ2v) is 31.0. The number of carbonyl (C=O) groups excluding carboxylic acids is 8. The molecule has 0 saturated carbocycles. The van der Waals surface area contributed by atoms with Crippen LogP contribution in [-0.4, -0.2) is 238 Å². The quantitative estimate of drug-likeness (QED) is 0.0218. The standard InChI is InChI=1S/C13H19N3O2.C12H17N3O2.C12H13N3.C12H17NO2.C12H16O2.C11H14O2.C10H14N2O.C10H14N2.C8H11N.C7H9N/c1-14-11-7-9(12(17)15(2)3)6-10(8-11)13(18)16(4)5;1-13-10-6-8(11(16)14-2)5-9(7-10)12(17)15(3)4;1-9-14-7-6-12(15-9)10-4-3-5-11(8-10)13-2;1-5-15-12(14)10-6-9(2)7-11(8-10)13(3)4;1-4-10-6-9(3)7-11(8-10)12(13)14-5-2;1-4-9-5-8(2)6-10(7-9)11(12)13-3;1-11-9-6-4-5-8(7-9)10(13)12(2)3;1-8(11-2)9-5-4-6-10(7-9)12-3;1-9(2)8-6-4-3-5-7-8;1-8-7-5-3-2-4-6-7/h6-8,14H,1-5H3;5-7,13H,1-4H3,(H,14,16);3-8,13H,1-2H3;6-8H,5H2,1-4H3;6-8H,4-5H2,1-3H3;5-7H,4H2,1-3H3;4-7,11H,1-3H3;4-7,11-12H,1H2,2-3H3;3-7H,1-2H3;2-6,8H,1H3. The van der Waals surface area contributed by atoms with Gasteiger partial charge in [-0.1, -0.05) is 110 Å². The number of carbonyl (C=O) groups is 8. The number of aryl methyl sites for hydroxylation is 6. The van der Waals surface area contributed by atoms with Crippen LogP contribution in [0.1, 0.15) is 150 Å². The van der Waals surface area contributed by atoms with Crippen LogP contribution in [0.4, 0.5) is 45.5 Å². The largest absolute Gasteiger partial charge is 0.465 e. The highest BCUT2D eigenvalue weighted by Crippen LogP contribution is 2.24. The Morgan fingerprint density at radius 2 is 0.687 bits per heavy atom. The summed E-state index contributed by atoms with van der Waals surface area (Å²) in [5.41, 5.74) is 22.3. The van der Waals surface area contributed by atoms with Gasteiger partial charge in [0.1, 0.15) is 5.82 Å². The summed E-state index contributed by atoms with van der Waals surface area (Å²) in [7, 11) is 37.4. The average molecular weight is 1830 g/mol. The molecule has 0 bridgehead atoms. The van der Waals surface area contributed by atoms with Gasteiger partial charge in [-0.3, -0.25) is 24.0 Å². The maximum Gasteiger partial charge on any atom is 0.338 e. The van der Waals surface area contributed by atoms with Crippen LogP contribution in [0.5, 0.6) is 0 Å². The zero-order chi connectivity index (χ0) is 101. The number of ether oxygens (including phenoxy) is 3. The Bertz CT molecular complexity index is 5450. The number of rotatable bonds is 23. The Morgan fingerprint density at radius 3 is 1.06 bits per heavy atom. The number of esters is 3. The molecular formula is C107H144N16O11. The van der Waals surface area contributed by atoms with Crippen LogP contribution < -0.4 is 52.3 Å². The molecule has 0 aliphatic rings. The number of para-hydroxylation sites is 2. The number of hydrogen-bond donors (Lipinski definition) is 8. The van der Waals surface area contributed by atoms with Gasteiger partial charge in [0, 0.05) is 232 Å². The van der Waals surface area contributed by atoms with E-state index in [2.05, 4.69) is 119 Å². The fourth-order valence-electron chi connectivity index (χ4n) is 11.9. The maximum absolute atomic E-state index is 11.9. The molecule has 27 heteroatoms. The average Bonchev–Trinajstić information content (AvgIpc) is 0.827. The van der Waals surface area contributed by atoms with Crippen LogP contribution in [0, 0.1) is 27.7 Å². The number of amides is 5. The molecule has 0 aliphatic carbocycles. The molecule has 8 N–H and O–H groups in total. The number of nitrogens with zero attached hydrogens (tertiary/aromatic N) is 8. The summed E-state index contributed by atoms with van der Waals surface area (Å²) in [5.74, 6) is -0.532. The normalized spacial score (nSPS) is 9.62. The van der Waals surface area contributed by atoms with Crippen molar-refractivity contribution in [1.29, 1.82) is 0 Å². The molecule has 10 aromatic carbocycles. The minimum Gasteiger partial charge on any atom is -0.465 e. The van der Waals surface area contributed by atoms with Crippen molar-refractivity contribution in [3.63, 3.8) is 0 Å². The summed E-state index contributed by atoms with van der Waals surface area (Å²) in [6, 6.07) is 73.4. The molecule has 718 valence electrons. The Labute approximate surface area is 796 Å². The van der Waals surface area contributed by atoms with Gasteiger partial charge in [-0.15, -0.1) is 0 Å². The van der Waals surface area contributed by atoms with E-state index in [1.165, 1.54) is 38.6 Å². The zero-order valence-electron chi connectivity index (χ0n) is 84.1. The van der Waals surface area contributed by atoms with E-state index in [0.717, 1.165) is 97.7 Å². The molecule has 0 atom stereocenters. The number of hydrogen-bond acceptors (Lipinski definition) is 22.